The second-order valence-electron chi connectivity index (χ2n) is 6.44. The number of hydrogen-bond donors (Lipinski definition) is 0. The molecule has 0 aromatic heterocycles. The Morgan fingerprint density at radius 2 is 1.84 bits per heavy atom. The predicted molar refractivity (Wildman–Crippen MR) is 74.6 cm³/mol. The summed E-state index contributed by atoms with van der Waals surface area (Å²) in [5, 5.41) is 0. The van der Waals surface area contributed by atoms with Crippen LogP contribution < -0.4 is 0 Å². The van der Waals surface area contributed by atoms with Crippen LogP contribution in [0.25, 0.3) is 0 Å². The summed E-state index contributed by atoms with van der Waals surface area (Å²) in [6, 6.07) is -0.335. The Bertz CT molecular complexity index is 367. The van der Waals surface area contributed by atoms with Gasteiger partial charge in [-0.25, -0.2) is 0 Å². The van der Waals surface area contributed by atoms with E-state index in [1.807, 2.05) is 16.7 Å². The third kappa shape index (κ3) is 2.63. The van der Waals surface area contributed by atoms with Crippen molar-refractivity contribution in [3.63, 3.8) is 0 Å². The molecule has 2 fully saturated rings. The van der Waals surface area contributed by atoms with Gasteiger partial charge in [-0.05, 0) is 45.4 Å². The molecular weight excluding hydrogens is 240 g/mol. The lowest BCUT2D eigenvalue weighted by atomic mass is 9.93. The van der Waals surface area contributed by atoms with Crippen molar-refractivity contribution in [1.29, 1.82) is 0 Å². The molecule has 0 saturated carbocycles. The van der Waals surface area contributed by atoms with Crippen LogP contribution in [0, 0.1) is 5.92 Å². The zero-order valence-electron chi connectivity index (χ0n) is 12.6. The number of fused-ring (bicyclic) bond motifs is 1. The average Bonchev–Trinajstić information content (AvgIpc) is 2.35. The van der Waals surface area contributed by atoms with E-state index in [2.05, 4.69) is 20.8 Å². The number of amides is 2. The minimum Gasteiger partial charge on any atom is -0.329 e. The number of hydrogen-bond acceptors (Lipinski definition) is 2. The highest BCUT2D eigenvalue weighted by atomic mass is 16.2. The van der Waals surface area contributed by atoms with Gasteiger partial charge in [-0.2, -0.15) is 0 Å². The van der Waals surface area contributed by atoms with E-state index < -0.39 is 0 Å². The fourth-order valence-corrected chi connectivity index (χ4v) is 3.57. The highest BCUT2D eigenvalue weighted by molar-refractivity contribution is 5.97. The van der Waals surface area contributed by atoms with Crippen molar-refractivity contribution in [2.75, 3.05) is 6.54 Å². The number of piperazine rings is 1. The van der Waals surface area contributed by atoms with E-state index in [9.17, 15) is 9.59 Å². The van der Waals surface area contributed by atoms with Crippen molar-refractivity contribution in [2.45, 2.75) is 71.5 Å². The van der Waals surface area contributed by atoms with Crippen LogP contribution in [0.5, 0.6) is 0 Å². The summed E-state index contributed by atoms with van der Waals surface area (Å²) in [7, 11) is 0. The molecule has 2 amide bonds. The molecule has 2 aliphatic rings. The topological polar surface area (TPSA) is 40.6 Å². The maximum absolute atomic E-state index is 12.7. The van der Waals surface area contributed by atoms with E-state index in [1.165, 1.54) is 0 Å². The lowest BCUT2D eigenvalue weighted by Crippen LogP contribution is -2.66. The number of nitrogens with zero attached hydrogens (tertiary/aromatic N) is 2. The van der Waals surface area contributed by atoms with Gasteiger partial charge in [0, 0.05) is 12.6 Å². The highest BCUT2D eigenvalue weighted by Gasteiger charge is 2.45. The first kappa shape index (κ1) is 14.4. The van der Waals surface area contributed by atoms with Gasteiger partial charge in [-0.3, -0.25) is 9.59 Å². The molecule has 19 heavy (non-hydrogen) atoms. The molecular formula is C15H26N2O2. The van der Waals surface area contributed by atoms with Gasteiger partial charge in [0.15, 0.2) is 0 Å². The van der Waals surface area contributed by atoms with E-state index in [0.29, 0.717) is 5.92 Å². The van der Waals surface area contributed by atoms with Crippen molar-refractivity contribution in [2.24, 2.45) is 5.92 Å². The van der Waals surface area contributed by atoms with E-state index in [-0.39, 0.29) is 29.9 Å². The van der Waals surface area contributed by atoms with E-state index >= 15 is 0 Å². The van der Waals surface area contributed by atoms with E-state index in [0.717, 1.165) is 32.2 Å². The van der Waals surface area contributed by atoms with Gasteiger partial charge < -0.3 is 9.80 Å². The fourth-order valence-electron chi connectivity index (χ4n) is 3.57. The first-order valence-corrected chi connectivity index (χ1v) is 7.56. The van der Waals surface area contributed by atoms with Crippen molar-refractivity contribution < 1.29 is 9.59 Å². The lowest BCUT2D eigenvalue weighted by Gasteiger charge is -2.48. The van der Waals surface area contributed by atoms with Gasteiger partial charge in [0.2, 0.25) is 11.8 Å². The summed E-state index contributed by atoms with van der Waals surface area (Å²) in [5.41, 5.74) is 0. The summed E-state index contributed by atoms with van der Waals surface area (Å²) in [4.78, 5) is 28.8. The summed E-state index contributed by atoms with van der Waals surface area (Å²) in [6.07, 6.45) is 3.88. The van der Waals surface area contributed by atoms with Crippen molar-refractivity contribution in [3.05, 3.63) is 0 Å². The van der Waals surface area contributed by atoms with Gasteiger partial charge in [-0.15, -0.1) is 0 Å². The van der Waals surface area contributed by atoms with Crippen LogP contribution in [0.2, 0.25) is 0 Å². The van der Waals surface area contributed by atoms with Crippen LogP contribution in [0.3, 0.4) is 0 Å². The molecule has 0 spiro atoms. The molecule has 108 valence electrons. The SMILES string of the molecule is CC(C)CC(C)N1C(=O)C2CCCCN2C(=O)C1C. The summed E-state index contributed by atoms with van der Waals surface area (Å²) in [6.45, 7) is 9.02. The van der Waals surface area contributed by atoms with Crippen molar-refractivity contribution in [1.82, 2.24) is 9.80 Å². The first-order chi connectivity index (χ1) is 8.93. The van der Waals surface area contributed by atoms with Gasteiger partial charge in [-0.1, -0.05) is 13.8 Å². The molecule has 0 N–H and O–H groups in total. The first-order valence-electron chi connectivity index (χ1n) is 7.56. The largest absolute Gasteiger partial charge is 0.329 e. The Morgan fingerprint density at radius 3 is 2.47 bits per heavy atom. The Morgan fingerprint density at radius 1 is 1.16 bits per heavy atom. The molecule has 3 atom stereocenters. The normalized spacial score (nSPS) is 29.7. The number of carbonyl (C=O) groups excluding carboxylic acids is 2. The highest BCUT2D eigenvalue weighted by Crippen LogP contribution is 2.28. The Balaban J connectivity index is 2.19. The summed E-state index contributed by atoms with van der Waals surface area (Å²) < 4.78 is 0. The third-order valence-electron chi connectivity index (χ3n) is 4.39. The Labute approximate surface area is 116 Å². The summed E-state index contributed by atoms with van der Waals surface area (Å²) >= 11 is 0. The second kappa shape index (κ2) is 5.51. The number of carbonyl (C=O) groups is 2. The zero-order valence-corrected chi connectivity index (χ0v) is 12.6. The average molecular weight is 266 g/mol. The van der Waals surface area contributed by atoms with Gasteiger partial charge in [0.1, 0.15) is 12.1 Å². The van der Waals surface area contributed by atoms with Crippen LogP contribution in [-0.4, -0.2) is 46.3 Å². The molecule has 2 saturated heterocycles. The quantitative estimate of drug-likeness (QED) is 0.784. The van der Waals surface area contributed by atoms with Crippen LogP contribution in [-0.2, 0) is 9.59 Å². The minimum absolute atomic E-state index is 0.139. The molecule has 2 heterocycles. The molecule has 0 bridgehead atoms. The molecule has 0 aliphatic carbocycles. The third-order valence-corrected chi connectivity index (χ3v) is 4.39. The van der Waals surface area contributed by atoms with Gasteiger partial charge in [0.25, 0.3) is 0 Å². The smallest absolute Gasteiger partial charge is 0.246 e. The predicted octanol–water partition coefficient (Wildman–Crippen LogP) is 2.03. The van der Waals surface area contributed by atoms with Crippen LogP contribution >= 0.6 is 0 Å². The van der Waals surface area contributed by atoms with Crippen molar-refractivity contribution in [3.8, 4) is 0 Å². The Hall–Kier alpha value is -1.06. The number of piperidine rings is 1. The van der Waals surface area contributed by atoms with Crippen LogP contribution in [0.15, 0.2) is 0 Å². The van der Waals surface area contributed by atoms with Crippen LogP contribution in [0.4, 0.5) is 0 Å². The lowest BCUT2D eigenvalue weighted by molar-refractivity contribution is -0.165. The number of rotatable bonds is 3. The molecule has 0 radical (unpaired) electrons. The molecule has 3 unspecified atom stereocenters. The monoisotopic (exact) mass is 266 g/mol. The fraction of sp³-hybridized carbons (Fsp3) is 0.867. The van der Waals surface area contributed by atoms with E-state index in [4.69, 9.17) is 0 Å². The van der Waals surface area contributed by atoms with Crippen molar-refractivity contribution >= 4 is 11.8 Å². The maximum Gasteiger partial charge on any atom is 0.246 e. The van der Waals surface area contributed by atoms with Gasteiger partial charge in [0.05, 0.1) is 0 Å². The molecule has 0 aromatic carbocycles. The molecule has 4 nitrogen and oxygen atoms in total. The standard InChI is InChI=1S/C15H26N2O2/c1-10(2)9-11(3)17-12(4)14(18)16-8-6-5-7-13(16)15(17)19/h10-13H,5-9H2,1-4H3. The Kier molecular flexibility index (Phi) is 4.16. The molecule has 2 rings (SSSR count). The molecule has 4 heteroatoms. The maximum atomic E-state index is 12.7. The minimum atomic E-state index is -0.296. The molecule has 0 aromatic rings. The zero-order chi connectivity index (χ0) is 14.2. The molecule has 2 aliphatic heterocycles. The van der Waals surface area contributed by atoms with Crippen LogP contribution in [0.1, 0.15) is 53.4 Å². The summed E-state index contributed by atoms with van der Waals surface area (Å²) in [5.74, 6) is 0.842. The van der Waals surface area contributed by atoms with Gasteiger partial charge >= 0.3 is 0 Å². The van der Waals surface area contributed by atoms with E-state index in [1.54, 1.807) is 0 Å². The second-order valence-corrected chi connectivity index (χ2v) is 6.44.